The normalized spacial score (nSPS) is 18.2. The van der Waals surface area contributed by atoms with Crippen molar-refractivity contribution in [3.8, 4) is 0 Å². The van der Waals surface area contributed by atoms with Crippen LogP contribution in [0.1, 0.15) is 18.4 Å². The minimum absolute atomic E-state index is 0.191. The molecule has 5 nitrogen and oxygen atoms in total. The standard InChI is InChI=1S/C19H21N3O2/c23-19(10-15-7-9-24-13-15)21-8-3-4-16(11-21)12-22-14-20-17-5-1-2-6-18(17)22/h1-2,5-7,9,13-14,16H,3-4,8,10-12H2/t16-/m0/s1. The highest BCUT2D eigenvalue weighted by Gasteiger charge is 2.24. The van der Waals surface area contributed by atoms with E-state index >= 15 is 0 Å². The number of hydrogen-bond acceptors (Lipinski definition) is 3. The zero-order valence-electron chi connectivity index (χ0n) is 13.6. The lowest BCUT2D eigenvalue weighted by Crippen LogP contribution is -2.41. The van der Waals surface area contributed by atoms with Crippen molar-refractivity contribution in [3.63, 3.8) is 0 Å². The quantitative estimate of drug-likeness (QED) is 0.741. The first-order chi connectivity index (χ1) is 11.8. The molecule has 5 heteroatoms. The lowest BCUT2D eigenvalue weighted by molar-refractivity contribution is -0.132. The monoisotopic (exact) mass is 323 g/mol. The van der Waals surface area contributed by atoms with Gasteiger partial charge in [0.15, 0.2) is 0 Å². The van der Waals surface area contributed by atoms with Crippen molar-refractivity contribution in [2.24, 2.45) is 5.92 Å². The number of carbonyl (C=O) groups excluding carboxylic acids is 1. The molecule has 124 valence electrons. The van der Waals surface area contributed by atoms with Crippen molar-refractivity contribution >= 4 is 16.9 Å². The molecule has 4 rings (SSSR count). The first kappa shape index (κ1) is 15.0. The number of imidazole rings is 1. The topological polar surface area (TPSA) is 51.3 Å². The van der Waals surface area contributed by atoms with Gasteiger partial charge in [-0.1, -0.05) is 12.1 Å². The van der Waals surface area contributed by atoms with Gasteiger partial charge >= 0.3 is 0 Å². The van der Waals surface area contributed by atoms with Gasteiger partial charge in [0.25, 0.3) is 0 Å². The van der Waals surface area contributed by atoms with E-state index in [9.17, 15) is 4.79 Å². The second kappa shape index (κ2) is 6.51. The first-order valence-electron chi connectivity index (χ1n) is 8.48. The van der Waals surface area contributed by atoms with Crippen molar-refractivity contribution in [2.75, 3.05) is 13.1 Å². The molecule has 3 heterocycles. The Kier molecular flexibility index (Phi) is 4.07. The molecule has 0 N–H and O–H groups in total. The molecular formula is C19H21N3O2. The average Bonchev–Trinajstić information content (AvgIpc) is 3.26. The maximum atomic E-state index is 12.5. The van der Waals surface area contributed by atoms with E-state index in [4.69, 9.17) is 4.42 Å². The van der Waals surface area contributed by atoms with Crippen molar-refractivity contribution in [1.29, 1.82) is 0 Å². The molecule has 0 aliphatic carbocycles. The Morgan fingerprint density at radius 2 is 2.21 bits per heavy atom. The van der Waals surface area contributed by atoms with Gasteiger partial charge in [-0.2, -0.15) is 0 Å². The van der Waals surface area contributed by atoms with Crippen LogP contribution in [0.25, 0.3) is 11.0 Å². The maximum absolute atomic E-state index is 12.5. The molecule has 0 unspecified atom stereocenters. The summed E-state index contributed by atoms with van der Waals surface area (Å²) in [6.07, 6.45) is 7.83. The predicted octanol–water partition coefficient (Wildman–Crippen LogP) is 3.11. The minimum atomic E-state index is 0.191. The molecule has 24 heavy (non-hydrogen) atoms. The third-order valence-electron chi connectivity index (χ3n) is 4.79. The van der Waals surface area contributed by atoms with Crippen LogP contribution in [0.2, 0.25) is 0 Å². The molecule has 0 spiro atoms. The van der Waals surface area contributed by atoms with E-state index in [0.29, 0.717) is 12.3 Å². The highest BCUT2D eigenvalue weighted by atomic mass is 16.3. The summed E-state index contributed by atoms with van der Waals surface area (Å²) in [4.78, 5) is 19.0. The Labute approximate surface area is 140 Å². The van der Waals surface area contributed by atoms with Crippen LogP contribution in [0.4, 0.5) is 0 Å². The number of piperidine rings is 1. The number of fused-ring (bicyclic) bond motifs is 1. The number of nitrogens with zero attached hydrogens (tertiary/aromatic N) is 3. The minimum Gasteiger partial charge on any atom is -0.472 e. The molecule has 1 aromatic carbocycles. The fourth-order valence-electron chi connectivity index (χ4n) is 3.55. The maximum Gasteiger partial charge on any atom is 0.227 e. The molecule has 1 aliphatic heterocycles. The van der Waals surface area contributed by atoms with Gasteiger partial charge in [-0.15, -0.1) is 0 Å². The summed E-state index contributed by atoms with van der Waals surface area (Å²) in [6.45, 7) is 2.59. The molecule has 0 radical (unpaired) electrons. The van der Waals surface area contributed by atoms with Gasteiger partial charge in [-0.25, -0.2) is 4.98 Å². The highest BCUT2D eigenvalue weighted by Crippen LogP contribution is 2.21. The van der Waals surface area contributed by atoms with Crippen LogP contribution >= 0.6 is 0 Å². The van der Waals surface area contributed by atoms with E-state index in [1.165, 1.54) is 5.52 Å². The Morgan fingerprint density at radius 3 is 3.08 bits per heavy atom. The largest absolute Gasteiger partial charge is 0.472 e. The van der Waals surface area contributed by atoms with Gasteiger partial charge in [0.1, 0.15) is 0 Å². The Morgan fingerprint density at radius 1 is 1.29 bits per heavy atom. The van der Waals surface area contributed by atoms with Gasteiger partial charge in [-0.3, -0.25) is 4.79 Å². The molecule has 0 saturated carbocycles. The molecular weight excluding hydrogens is 302 g/mol. The summed E-state index contributed by atoms with van der Waals surface area (Å²) in [5, 5.41) is 0. The van der Waals surface area contributed by atoms with Crippen LogP contribution in [-0.2, 0) is 17.8 Å². The van der Waals surface area contributed by atoms with E-state index in [1.807, 2.05) is 35.5 Å². The summed E-state index contributed by atoms with van der Waals surface area (Å²) in [5.74, 6) is 0.668. The second-order valence-corrected chi connectivity index (χ2v) is 6.54. The summed E-state index contributed by atoms with van der Waals surface area (Å²) in [7, 11) is 0. The number of rotatable bonds is 4. The second-order valence-electron chi connectivity index (χ2n) is 6.54. The number of aromatic nitrogens is 2. The number of furan rings is 1. The zero-order chi connectivity index (χ0) is 16.4. The molecule has 3 aromatic rings. The molecule has 1 amide bonds. The van der Waals surface area contributed by atoms with E-state index in [-0.39, 0.29) is 5.91 Å². The van der Waals surface area contributed by atoms with Crippen LogP contribution in [-0.4, -0.2) is 33.4 Å². The van der Waals surface area contributed by atoms with Crippen molar-refractivity contribution in [2.45, 2.75) is 25.8 Å². The van der Waals surface area contributed by atoms with Crippen LogP contribution in [0.15, 0.2) is 53.6 Å². The fraction of sp³-hybridized carbons (Fsp3) is 0.368. The SMILES string of the molecule is O=C(Cc1ccoc1)N1CCC[C@H](Cn2cnc3ccccc32)C1. The van der Waals surface area contributed by atoms with Crippen LogP contribution in [0.5, 0.6) is 0 Å². The van der Waals surface area contributed by atoms with Gasteiger partial charge < -0.3 is 13.9 Å². The van der Waals surface area contributed by atoms with Crippen LogP contribution in [0.3, 0.4) is 0 Å². The van der Waals surface area contributed by atoms with Crippen LogP contribution in [0, 0.1) is 5.92 Å². The lowest BCUT2D eigenvalue weighted by atomic mass is 9.97. The lowest BCUT2D eigenvalue weighted by Gasteiger charge is -2.33. The number of benzene rings is 1. The van der Waals surface area contributed by atoms with E-state index in [1.54, 1.807) is 12.5 Å². The smallest absolute Gasteiger partial charge is 0.227 e. The molecule has 2 aromatic heterocycles. The van der Waals surface area contributed by atoms with E-state index < -0.39 is 0 Å². The fourth-order valence-corrected chi connectivity index (χ4v) is 3.55. The highest BCUT2D eigenvalue weighted by molar-refractivity contribution is 5.78. The molecule has 1 aliphatic rings. The molecule has 0 bridgehead atoms. The first-order valence-corrected chi connectivity index (χ1v) is 8.48. The Balaban J connectivity index is 1.42. The summed E-state index contributed by atoms with van der Waals surface area (Å²) < 4.78 is 7.27. The van der Waals surface area contributed by atoms with Crippen molar-refractivity contribution in [3.05, 3.63) is 54.7 Å². The number of likely N-dealkylation sites (tertiary alicyclic amines) is 1. The molecule has 1 atom stereocenters. The van der Waals surface area contributed by atoms with Gasteiger partial charge in [0.2, 0.25) is 5.91 Å². The zero-order valence-corrected chi connectivity index (χ0v) is 13.6. The van der Waals surface area contributed by atoms with Crippen molar-refractivity contribution < 1.29 is 9.21 Å². The van der Waals surface area contributed by atoms with Gasteiger partial charge in [0.05, 0.1) is 36.3 Å². The number of amides is 1. The number of hydrogen-bond donors (Lipinski definition) is 0. The average molecular weight is 323 g/mol. The van der Waals surface area contributed by atoms with Gasteiger partial charge in [-0.05, 0) is 42.5 Å². The Bertz CT molecular complexity index is 822. The van der Waals surface area contributed by atoms with E-state index in [0.717, 1.165) is 43.6 Å². The van der Waals surface area contributed by atoms with Crippen LogP contribution < -0.4 is 0 Å². The summed E-state index contributed by atoms with van der Waals surface area (Å²) >= 11 is 0. The van der Waals surface area contributed by atoms with E-state index in [2.05, 4.69) is 15.6 Å². The summed E-state index contributed by atoms with van der Waals surface area (Å²) in [5.41, 5.74) is 3.14. The number of carbonyl (C=O) groups is 1. The third-order valence-corrected chi connectivity index (χ3v) is 4.79. The third kappa shape index (κ3) is 3.07. The van der Waals surface area contributed by atoms with Crippen molar-refractivity contribution in [1.82, 2.24) is 14.5 Å². The summed E-state index contributed by atoms with van der Waals surface area (Å²) in [6, 6.07) is 10.1. The van der Waals surface area contributed by atoms with Gasteiger partial charge in [0, 0.05) is 19.6 Å². The number of para-hydroxylation sites is 2. The Hall–Kier alpha value is -2.56. The molecule has 1 fully saturated rings. The molecule has 1 saturated heterocycles. The predicted molar refractivity (Wildman–Crippen MR) is 91.4 cm³/mol.